The number of aryl methyl sites for hydroxylation is 2. The third-order valence-corrected chi connectivity index (χ3v) is 4.99. The van der Waals surface area contributed by atoms with Crippen molar-refractivity contribution in [1.82, 2.24) is 5.32 Å². The van der Waals surface area contributed by atoms with Crippen LogP contribution in [0.3, 0.4) is 0 Å². The molecule has 0 fully saturated rings. The van der Waals surface area contributed by atoms with Crippen molar-refractivity contribution in [3.05, 3.63) is 65.2 Å². The van der Waals surface area contributed by atoms with E-state index in [2.05, 4.69) is 36.5 Å². The predicted octanol–water partition coefficient (Wildman–Crippen LogP) is 2.19. The number of carbonyl (C=O) groups is 1. The van der Waals surface area contributed by atoms with Gasteiger partial charge in [-0.25, -0.2) is 13.6 Å². The maximum Gasteiger partial charge on any atom is 0.238 e. The normalized spacial score (nSPS) is 11.3. The quantitative estimate of drug-likeness (QED) is 0.756. The molecule has 2 rings (SSSR count). The molecule has 0 radical (unpaired) electrons. The van der Waals surface area contributed by atoms with Crippen molar-refractivity contribution in [2.75, 3.05) is 6.54 Å². The second-order valence-electron chi connectivity index (χ2n) is 5.96. The fraction of sp³-hybridized carbons (Fsp3) is 0.316. The average molecular weight is 360 g/mol. The van der Waals surface area contributed by atoms with Crippen LogP contribution < -0.4 is 10.5 Å². The Kier molecular flexibility index (Phi) is 6.73. The lowest BCUT2D eigenvalue weighted by Crippen LogP contribution is -2.25. The molecule has 0 spiro atoms. The Morgan fingerprint density at radius 2 is 1.44 bits per heavy atom. The molecule has 6 heteroatoms. The maximum absolute atomic E-state index is 11.9. The van der Waals surface area contributed by atoms with Crippen LogP contribution in [-0.2, 0) is 34.1 Å². The van der Waals surface area contributed by atoms with Gasteiger partial charge in [0.05, 0.1) is 4.90 Å². The van der Waals surface area contributed by atoms with E-state index in [1.165, 1.54) is 17.7 Å². The topological polar surface area (TPSA) is 89.3 Å². The van der Waals surface area contributed by atoms with Crippen LogP contribution in [0.5, 0.6) is 0 Å². The molecule has 0 unspecified atom stereocenters. The summed E-state index contributed by atoms with van der Waals surface area (Å²) in [5.41, 5.74) is 3.40. The van der Waals surface area contributed by atoms with Crippen molar-refractivity contribution in [3.8, 4) is 0 Å². The Labute approximate surface area is 149 Å². The van der Waals surface area contributed by atoms with Gasteiger partial charge in [-0.1, -0.05) is 43.3 Å². The van der Waals surface area contributed by atoms with E-state index < -0.39 is 10.0 Å². The first kappa shape index (κ1) is 19.1. The van der Waals surface area contributed by atoms with Gasteiger partial charge in [0.25, 0.3) is 0 Å². The molecular weight excluding hydrogens is 336 g/mol. The maximum atomic E-state index is 11.9. The minimum absolute atomic E-state index is 0.0146. The molecule has 3 N–H and O–H groups in total. The first-order chi connectivity index (χ1) is 11.9. The summed E-state index contributed by atoms with van der Waals surface area (Å²) >= 11 is 0. The fourth-order valence-corrected chi connectivity index (χ4v) is 3.00. The van der Waals surface area contributed by atoms with E-state index in [0.717, 1.165) is 24.0 Å². The molecule has 25 heavy (non-hydrogen) atoms. The number of rotatable bonds is 8. The molecule has 5 nitrogen and oxygen atoms in total. The summed E-state index contributed by atoms with van der Waals surface area (Å²) in [6, 6.07) is 14.7. The van der Waals surface area contributed by atoms with Crippen molar-refractivity contribution in [3.63, 3.8) is 0 Å². The number of amides is 1. The molecule has 0 aliphatic rings. The van der Waals surface area contributed by atoms with Crippen LogP contribution in [0.25, 0.3) is 0 Å². The average Bonchev–Trinajstić information content (AvgIpc) is 2.60. The molecule has 0 heterocycles. The van der Waals surface area contributed by atoms with Crippen LogP contribution in [0.4, 0.5) is 0 Å². The van der Waals surface area contributed by atoms with Gasteiger partial charge in [0.1, 0.15) is 0 Å². The summed E-state index contributed by atoms with van der Waals surface area (Å²) < 4.78 is 22.4. The molecule has 0 atom stereocenters. The van der Waals surface area contributed by atoms with Crippen LogP contribution in [0, 0.1) is 0 Å². The Morgan fingerprint density at radius 1 is 0.920 bits per heavy atom. The molecule has 2 aromatic carbocycles. The van der Waals surface area contributed by atoms with E-state index in [-0.39, 0.29) is 10.8 Å². The summed E-state index contributed by atoms with van der Waals surface area (Å²) in [5, 5.41) is 7.95. The highest BCUT2D eigenvalue weighted by molar-refractivity contribution is 7.89. The van der Waals surface area contributed by atoms with Gasteiger partial charge in [-0.3, -0.25) is 4.79 Å². The van der Waals surface area contributed by atoms with E-state index in [9.17, 15) is 13.2 Å². The summed E-state index contributed by atoms with van der Waals surface area (Å²) in [5.74, 6) is 0.0146. The standard InChI is InChI=1S/C19H24N2O3S/c1-2-15-3-5-16(6-4-15)9-12-19(22)21-14-13-17-7-10-18(11-8-17)25(20,23)24/h3-8,10-11H,2,9,12-14H2,1H3,(H,21,22)(H2,20,23,24). The zero-order valence-corrected chi connectivity index (χ0v) is 15.2. The van der Waals surface area contributed by atoms with Crippen LogP contribution in [-0.4, -0.2) is 20.9 Å². The van der Waals surface area contributed by atoms with Crippen molar-refractivity contribution in [2.24, 2.45) is 5.14 Å². The highest BCUT2D eigenvalue weighted by Gasteiger charge is 2.07. The third-order valence-electron chi connectivity index (χ3n) is 4.06. The minimum atomic E-state index is -3.66. The summed E-state index contributed by atoms with van der Waals surface area (Å²) in [4.78, 5) is 12.0. The van der Waals surface area contributed by atoms with Gasteiger partial charge in [-0.05, 0) is 48.1 Å². The van der Waals surface area contributed by atoms with E-state index in [4.69, 9.17) is 5.14 Å². The Balaban J connectivity index is 1.72. The zero-order chi connectivity index (χ0) is 18.3. The molecular formula is C19H24N2O3S. The Bertz CT molecular complexity index is 798. The number of nitrogens with two attached hydrogens (primary N) is 1. The smallest absolute Gasteiger partial charge is 0.238 e. The second kappa shape index (κ2) is 8.78. The number of nitrogens with one attached hydrogen (secondary N) is 1. The van der Waals surface area contributed by atoms with E-state index in [0.29, 0.717) is 19.4 Å². The molecule has 0 aliphatic heterocycles. The number of benzene rings is 2. The van der Waals surface area contributed by atoms with Gasteiger partial charge in [-0.2, -0.15) is 0 Å². The predicted molar refractivity (Wildman–Crippen MR) is 98.7 cm³/mol. The van der Waals surface area contributed by atoms with E-state index in [1.54, 1.807) is 12.1 Å². The van der Waals surface area contributed by atoms with E-state index >= 15 is 0 Å². The number of hydrogen-bond acceptors (Lipinski definition) is 3. The molecule has 1 amide bonds. The molecule has 0 aromatic heterocycles. The van der Waals surface area contributed by atoms with Crippen LogP contribution in [0.15, 0.2) is 53.4 Å². The number of primary sulfonamides is 1. The van der Waals surface area contributed by atoms with Crippen LogP contribution >= 0.6 is 0 Å². The first-order valence-electron chi connectivity index (χ1n) is 8.34. The highest BCUT2D eigenvalue weighted by Crippen LogP contribution is 2.09. The SMILES string of the molecule is CCc1ccc(CCC(=O)NCCc2ccc(S(N)(=O)=O)cc2)cc1. The Hall–Kier alpha value is -2.18. The van der Waals surface area contributed by atoms with Crippen molar-refractivity contribution < 1.29 is 13.2 Å². The first-order valence-corrected chi connectivity index (χ1v) is 9.89. The lowest BCUT2D eigenvalue weighted by atomic mass is 10.1. The number of sulfonamides is 1. The molecule has 0 saturated carbocycles. The lowest BCUT2D eigenvalue weighted by molar-refractivity contribution is -0.121. The summed E-state index contributed by atoms with van der Waals surface area (Å²) in [7, 11) is -3.66. The lowest BCUT2D eigenvalue weighted by Gasteiger charge is -2.07. The summed E-state index contributed by atoms with van der Waals surface area (Å²) in [6.45, 7) is 2.63. The molecule has 2 aromatic rings. The zero-order valence-electron chi connectivity index (χ0n) is 14.4. The fourth-order valence-electron chi connectivity index (χ4n) is 2.48. The van der Waals surface area contributed by atoms with Crippen molar-refractivity contribution >= 4 is 15.9 Å². The molecule has 0 bridgehead atoms. The highest BCUT2D eigenvalue weighted by atomic mass is 32.2. The van der Waals surface area contributed by atoms with Crippen LogP contribution in [0.1, 0.15) is 30.0 Å². The van der Waals surface area contributed by atoms with Gasteiger partial charge in [-0.15, -0.1) is 0 Å². The minimum Gasteiger partial charge on any atom is -0.356 e. The van der Waals surface area contributed by atoms with E-state index in [1.807, 2.05) is 0 Å². The van der Waals surface area contributed by atoms with Gasteiger partial charge in [0.2, 0.25) is 15.9 Å². The van der Waals surface area contributed by atoms with Crippen LogP contribution in [0.2, 0.25) is 0 Å². The molecule has 0 saturated heterocycles. The van der Waals surface area contributed by atoms with Gasteiger partial charge in [0.15, 0.2) is 0 Å². The largest absolute Gasteiger partial charge is 0.356 e. The molecule has 134 valence electrons. The van der Waals surface area contributed by atoms with Gasteiger partial charge < -0.3 is 5.32 Å². The van der Waals surface area contributed by atoms with Crippen molar-refractivity contribution in [1.29, 1.82) is 0 Å². The monoisotopic (exact) mass is 360 g/mol. The third kappa shape index (κ3) is 6.32. The van der Waals surface area contributed by atoms with Gasteiger partial charge in [0, 0.05) is 13.0 Å². The number of hydrogen-bond donors (Lipinski definition) is 2. The van der Waals surface area contributed by atoms with Crippen molar-refractivity contribution in [2.45, 2.75) is 37.5 Å². The molecule has 0 aliphatic carbocycles. The summed E-state index contributed by atoms with van der Waals surface area (Å²) in [6.07, 6.45) is 2.83. The second-order valence-corrected chi connectivity index (χ2v) is 7.52. The number of carbonyl (C=O) groups excluding carboxylic acids is 1. The van der Waals surface area contributed by atoms with Gasteiger partial charge >= 0.3 is 0 Å². The Morgan fingerprint density at radius 3 is 2.00 bits per heavy atom.